The van der Waals surface area contributed by atoms with E-state index in [9.17, 15) is 9.59 Å². The van der Waals surface area contributed by atoms with Crippen molar-refractivity contribution in [1.82, 2.24) is 15.1 Å². The molecule has 0 fully saturated rings. The zero-order chi connectivity index (χ0) is 14.3. The van der Waals surface area contributed by atoms with Crippen LogP contribution < -0.4 is 5.32 Å². The Morgan fingerprint density at radius 2 is 2.32 bits per heavy atom. The Balaban J connectivity index is 2.30. The van der Waals surface area contributed by atoms with Crippen molar-refractivity contribution >= 4 is 18.0 Å². The van der Waals surface area contributed by atoms with Crippen molar-refractivity contribution in [3.63, 3.8) is 0 Å². The molecule has 1 amide bonds. The van der Waals surface area contributed by atoms with Gasteiger partial charge in [-0.2, -0.15) is 5.10 Å². The largest absolute Gasteiger partial charge is 0.481 e. The molecule has 19 heavy (non-hydrogen) atoms. The summed E-state index contributed by atoms with van der Waals surface area (Å²) in [4.78, 5) is 21.9. The Kier molecular flexibility index (Phi) is 5.78. The van der Waals surface area contributed by atoms with Crippen LogP contribution in [0.4, 0.5) is 0 Å². The van der Waals surface area contributed by atoms with Gasteiger partial charge in [0.2, 0.25) is 5.91 Å². The maximum atomic E-state index is 11.5. The molecule has 0 radical (unpaired) electrons. The van der Waals surface area contributed by atoms with Gasteiger partial charge in [0.25, 0.3) is 0 Å². The lowest BCUT2D eigenvalue weighted by Gasteiger charge is -2.09. The standard InChI is InChI=1S/C13H19N3O3/c1-10(3-6-13(18)19)9-14-12(17)5-4-11-7-8-15-16(11)2/h4-5,7-8,10H,3,6,9H2,1-2H3,(H,14,17)(H,18,19)/b5-4+. The van der Waals surface area contributed by atoms with E-state index in [0.717, 1.165) is 5.69 Å². The van der Waals surface area contributed by atoms with Crippen molar-refractivity contribution in [2.75, 3.05) is 6.54 Å². The van der Waals surface area contributed by atoms with Gasteiger partial charge in [-0.1, -0.05) is 6.92 Å². The second-order valence-electron chi connectivity index (χ2n) is 4.50. The fourth-order valence-electron chi connectivity index (χ4n) is 1.51. The number of amides is 1. The lowest BCUT2D eigenvalue weighted by Crippen LogP contribution is -2.26. The number of hydrogen-bond acceptors (Lipinski definition) is 3. The quantitative estimate of drug-likeness (QED) is 0.722. The maximum absolute atomic E-state index is 11.5. The van der Waals surface area contributed by atoms with E-state index in [1.54, 1.807) is 30.1 Å². The van der Waals surface area contributed by atoms with Crippen molar-refractivity contribution in [1.29, 1.82) is 0 Å². The van der Waals surface area contributed by atoms with Crippen molar-refractivity contribution < 1.29 is 14.7 Å². The highest BCUT2D eigenvalue weighted by Crippen LogP contribution is 2.04. The molecule has 2 N–H and O–H groups in total. The van der Waals surface area contributed by atoms with Crippen molar-refractivity contribution in [2.45, 2.75) is 19.8 Å². The highest BCUT2D eigenvalue weighted by Gasteiger charge is 2.06. The van der Waals surface area contributed by atoms with Crippen LogP contribution in [0.25, 0.3) is 6.08 Å². The fourth-order valence-corrected chi connectivity index (χ4v) is 1.51. The molecule has 1 rings (SSSR count). The summed E-state index contributed by atoms with van der Waals surface area (Å²) in [6, 6.07) is 1.80. The number of carboxylic acids is 1. The summed E-state index contributed by atoms with van der Waals surface area (Å²) < 4.78 is 1.67. The van der Waals surface area contributed by atoms with E-state index in [4.69, 9.17) is 5.11 Å². The lowest BCUT2D eigenvalue weighted by molar-refractivity contribution is -0.137. The van der Waals surface area contributed by atoms with Crippen LogP contribution in [0.1, 0.15) is 25.5 Å². The number of aryl methyl sites for hydroxylation is 1. The number of nitrogens with zero attached hydrogens (tertiary/aromatic N) is 2. The van der Waals surface area contributed by atoms with Crippen LogP contribution in [0.2, 0.25) is 0 Å². The summed E-state index contributed by atoms with van der Waals surface area (Å²) in [5.74, 6) is -0.859. The average Bonchev–Trinajstić information content (AvgIpc) is 2.77. The Labute approximate surface area is 112 Å². The molecule has 0 aliphatic rings. The molecule has 1 heterocycles. The first kappa shape index (κ1) is 14.9. The summed E-state index contributed by atoms with van der Waals surface area (Å²) in [7, 11) is 1.80. The van der Waals surface area contributed by atoms with E-state index in [1.165, 1.54) is 6.08 Å². The first-order chi connectivity index (χ1) is 8.99. The summed E-state index contributed by atoms with van der Waals surface area (Å²) in [5.41, 5.74) is 0.842. The molecule has 0 aliphatic heterocycles. The minimum Gasteiger partial charge on any atom is -0.481 e. The number of hydrogen-bond donors (Lipinski definition) is 2. The first-order valence-corrected chi connectivity index (χ1v) is 6.14. The predicted octanol–water partition coefficient (Wildman–Crippen LogP) is 1.05. The Hall–Kier alpha value is -2.11. The minimum absolute atomic E-state index is 0.127. The molecule has 1 aromatic heterocycles. The van der Waals surface area contributed by atoms with Gasteiger partial charge in [-0.05, 0) is 24.5 Å². The van der Waals surface area contributed by atoms with Crippen molar-refractivity contribution in [3.05, 3.63) is 24.0 Å². The molecule has 0 saturated carbocycles. The molecular formula is C13H19N3O3. The van der Waals surface area contributed by atoms with E-state index >= 15 is 0 Å². The van der Waals surface area contributed by atoms with Crippen LogP contribution in [0.15, 0.2) is 18.3 Å². The lowest BCUT2D eigenvalue weighted by atomic mass is 10.1. The Morgan fingerprint density at radius 1 is 1.58 bits per heavy atom. The number of aromatic nitrogens is 2. The van der Waals surface area contributed by atoms with Gasteiger partial charge in [0, 0.05) is 32.3 Å². The molecule has 0 spiro atoms. The molecule has 6 nitrogen and oxygen atoms in total. The van der Waals surface area contributed by atoms with Crippen LogP contribution >= 0.6 is 0 Å². The third kappa shape index (κ3) is 5.85. The predicted molar refractivity (Wildman–Crippen MR) is 71.3 cm³/mol. The Bertz CT molecular complexity index is 465. The van der Waals surface area contributed by atoms with Gasteiger partial charge in [-0.25, -0.2) is 0 Å². The van der Waals surface area contributed by atoms with Gasteiger partial charge < -0.3 is 10.4 Å². The minimum atomic E-state index is -0.811. The molecule has 0 aliphatic carbocycles. The number of carbonyl (C=O) groups is 2. The highest BCUT2D eigenvalue weighted by molar-refractivity contribution is 5.91. The fraction of sp³-hybridized carbons (Fsp3) is 0.462. The number of rotatable bonds is 7. The van der Waals surface area contributed by atoms with Crippen LogP contribution in [-0.4, -0.2) is 33.3 Å². The Morgan fingerprint density at radius 3 is 2.89 bits per heavy atom. The zero-order valence-corrected chi connectivity index (χ0v) is 11.2. The monoisotopic (exact) mass is 265 g/mol. The summed E-state index contributed by atoms with van der Waals surface area (Å²) in [5, 5.41) is 15.3. The number of aliphatic carboxylic acids is 1. The van der Waals surface area contributed by atoms with E-state index in [-0.39, 0.29) is 18.2 Å². The molecule has 104 valence electrons. The molecule has 0 bridgehead atoms. The molecule has 0 saturated heterocycles. The first-order valence-electron chi connectivity index (χ1n) is 6.14. The molecule has 1 atom stereocenters. The highest BCUT2D eigenvalue weighted by atomic mass is 16.4. The number of carboxylic acid groups (broad SMARTS) is 1. The van der Waals surface area contributed by atoms with Crippen LogP contribution in [0.3, 0.4) is 0 Å². The average molecular weight is 265 g/mol. The third-order valence-corrected chi connectivity index (χ3v) is 2.74. The van der Waals surface area contributed by atoms with E-state index < -0.39 is 5.97 Å². The van der Waals surface area contributed by atoms with Gasteiger partial charge in [-0.3, -0.25) is 14.3 Å². The number of carbonyl (C=O) groups excluding carboxylic acids is 1. The summed E-state index contributed by atoms with van der Waals surface area (Å²) in [6.45, 7) is 2.38. The molecule has 0 aromatic carbocycles. The molecular weight excluding hydrogens is 246 g/mol. The second-order valence-corrected chi connectivity index (χ2v) is 4.50. The summed E-state index contributed by atoms with van der Waals surface area (Å²) in [6.07, 6.45) is 5.47. The molecule has 1 unspecified atom stereocenters. The molecule has 1 aromatic rings. The SMILES string of the molecule is CC(CCC(=O)O)CNC(=O)/C=C/c1ccnn1C. The van der Waals surface area contributed by atoms with Gasteiger partial charge in [0.1, 0.15) is 0 Å². The number of nitrogens with one attached hydrogen (secondary N) is 1. The van der Waals surface area contributed by atoms with Gasteiger partial charge in [0.05, 0.1) is 5.69 Å². The second kappa shape index (κ2) is 7.35. The van der Waals surface area contributed by atoms with Crippen LogP contribution in [-0.2, 0) is 16.6 Å². The van der Waals surface area contributed by atoms with E-state index in [0.29, 0.717) is 13.0 Å². The smallest absolute Gasteiger partial charge is 0.303 e. The van der Waals surface area contributed by atoms with Crippen molar-refractivity contribution in [2.24, 2.45) is 13.0 Å². The molecule has 6 heteroatoms. The van der Waals surface area contributed by atoms with Crippen LogP contribution in [0, 0.1) is 5.92 Å². The van der Waals surface area contributed by atoms with Crippen LogP contribution in [0.5, 0.6) is 0 Å². The van der Waals surface area contributed by atoms with Gasteiger partial charge >= 0.3 is 5.97 Å². The topological polar surface area (TPSA) is 84.2 Å². The van der Waals surface area contributed by atoms with E-state index in [2.05, 4.69) is 10.4 Å². The summed E-state index contributed by atoms with van der Waals surface area (Å²) >= 11 is 0. The van der Waals surface area contributed by atoms with Gasteiger partial charge in [0.15, 0.2) is 0 Å². The van der Waals surface area contributed by atoms with Crippen molar-refractivity contribution in [3.8, 4) is 0 Å². The zero-order valence-electron chi connectivity index (χ0n) is 11.2. The maximum Gasteiger partial charge on any atom is 0.303 e. The van der Waals surface area contributed by atoms with Gasteiger partial charge in [-0.15, -0.1) is 0 Å². The third-order valence-electron chi connectivity index (χ3n) is 2.74. The van der Waals surface area contributed by atoms with E-state index in [1.807, 2.05) is 6.92 Å². The normalized spacial score (nSPS) is 12.5.